The van der Waals surface area contributed by atoms with E-state index in [0.717, 1.165) is 24.2 Å². The van der Waals surface area contributed by atoms with Gasteiger partial charge in [-0.05, 0) is 49.9 Å². The van der Waals surface area contributed by atoms with Gasteiger partial charge in [0.15, 0.2) is 0 Å². The first-order valence-corrected chi connectivity index (χ1v) is 8.87. The van der Waals surface area contributed by atoms with E-state index in [1.807, 2.05) is 29.2 Å². The average molecular weight is 341 g/mol. The Bertz CT molecular complexity index is 521. The molecule has 1 aromatic rings. The molecule has 2 fully saturated rings. The Balaban J connectivity index is 1.55. The Labute approximate surface area is 141 Å². The third-order valence-corrected chi connectivity index (χ3v) is 5.36. The van der Waals surface area contributed by atoms with Gasteiger partial charge in [0.1, 0.15) is 0 Å². The monoisotopic (exact) mass is 341 g/mol. The number of hydrogen-bond donors (Lipinski definition) is 2. The second kappa shape index (κ2) is 7.21. The van der Waals surface area contributed by atoms with Gasteiger partial charge in [-0.25, -0.2) is 0 Å². The van der Waals surface area contributed by atoms with Crippen molar-refractivity contribution in [2.24, 2.45) is 11.7 Å². The lowest BCUT2D eigenvalue weighted by molar-refractivity contribution is -0.179. The van der Waals surface area contributed by atoms with E-state index in [-0.39, 0.29) is 18.9 Å². The van der Waals surface area contributed by atoms with E-state index in [1.165, 1.54) is 12.8 Å². The van der Waals surface area contributed by atoms with E-state index < -0.39 is 12.1 Å². The molecular weight excluding hydrogens is 315 g/mol. The highest BCUT2D eigenvalue weighted by Gasteiger charge is 2.41. The maximum Gasteiger partial charge on any atom is 0.391 e. The van der Waals surface area contributed by atoms with Crippen LogP contribution in [0.5, 0.6) is 0 Å². The summed E-state index contributed by atoms with van der Waals surface area (Å²) in [5, 5.41) is 3.50. The van der Waals surface area contributed by atoms with E-state index in [0.29, 0.717) is 19.1 Å². The zero-order valence-electron chi connectivity index (χ0n) is 13.9. The first-order valence-electron chi connectivity index (χ1n) is 8.87. The molecule has 2 unspecified atom stereocenters. The molecule has 0 spiro atoms. The molecule has 3 nitrogen and oxygen atoms in total. The lowest BCUT2D eigenvalue weighted by Gasteiger charge is -2.34. The maximum absolute atomic E-state index is 12.7. The van der Waals surface area contributed by atoms with Gasteiger partial charge in [0, 0.05) is 36.5 Å². The minimum absolute atomic E-state index is 0.181. The molecule has 1 aromatic carbocycles. The third kappa shape index (κ3) is 4.15. The summed E-state index contributed by atoms with van der Waals surface area (Å²) in [6.07, 6.45) is 0.862. The van der Waals surface area contributed by atoms with Gasteiger partial charge >= 0.3 is 6.18 Å². The predicted octanol–water partition coefficient (Wildman–Crippen LogP) is 4.15. The van der Waals surface area contributed by atoms with Crippen LogP contribution in [0.15, 0.2) is 24.3 Å². The van der Waals surface area contributed by atoms with Gasteiger partial charge in [-0.1, -0.05) is 12.8 Å². The van der Waals surface area contributed by atoms with Crippen LogP contribution in [0.25, 0.3) is 0 Å². The van der Waals surface area contributed by atoms with Crippen LogP contribution in [0.3, 0.4) is 0 Å². The van der Waals surface area contributed by atoms with Crippen LogP contribution in [0, 0.1) is 5.92 Å². The molecule has 134 valence electrons. The average Bonchev–Trinajstić information content (AvgIpc) is 2.57. The number of hydrogen-bond acceptors (Lipinski definition) is 3. The number of nitrogens with zero attached hydrogens (tertiary/aromatic N) is 1. The van der Waals surface area contributed by atoms with Crippen LogP contribution in [0.1, 0.15) is 38.5 Å². The van der Waals surface area contributed by atoms with Crippen LogP contribution < -0.4 is 16.0 Å². The van der Waals surface area contributed by atoms with Crippen molar-refractivity contribution < 1.29 is 13.2 Å². The molecular formula is C18H26F3N3. The van der Waals surface area contributed by atoms with Crippen molar-refractivity contribution in [2.75, 3.05) is 23.3 Å². The lowest BCUT2D eigenvalue weighted by atomic mass is 9.91. The summed E-state index contributed by atoms with van der Waals surface area (Å²) in [5.41, 5.74) is 8.19. The van der Waals surface area contributed by atoms with Crippen molar-refractivity contribution >= 4 is 11.4 Å². The SMILES string of the molecule is NC1CCCCC1Nc1ccc(N2CCC(C(F)(F)F)CC2)cc1. The molecule has 2 atom stereocenters. The molecule has 1 aliphatic carbocycles. The van der Waals surface area contributed by atoms with Crippen molar-refractivity contribution in [3.05, 3.63) is 24.3 Å². The van der Waals surface area contributed by atoms with Gasteiger partial charge < -0.3 is 16.0 Å². The molecule has 3 N–H and O–H groups in total. The van der Waals surface area contributed by atoms with Crippen LogP contribution in [-0.4, -0.2) is 31.3 Å². The molecule has 0 radical (unpaired) electrons. The maximum atomic E-state index is 12.7. The Hall–Kier alpha value is -1.43. The van der Waals surface area contributed by atoms with Crippen LogP contribution in [0.4, 0.5) is 24.5 Å². The molecule has 0 aromatic heterocycles. The number of nitrogens with one attached hydrogen (secondary N) is 1. The molecule has 1 aliphatic heterocycles. The molecule has 0 amide bonds. The van der Waals surface area contributed by atoms with Crippen molar-refractivity contribution in [2.45, 2.75) is 56.8 Å². The first-order chi connectivity index (χ1) is 11.4. The van der Waals surface area contributed by atoms with Gasteiger partial charge in [0.2, 0.25) is 0 Å². The quantitative estimate of drug-likeness (QED) is 0.868. The van der Waals surface area contributed by atoms with E-state index in [1.54, 1.807) is 0 Å². The highest BCUT2D eigenvalue weighted by molar-refractivity contribution is 5.55. The Morgan fingerprint density at radius 3 is 2.17 bits per heavy atom. The lowest BCUT2D eigenvalue weighted by Crippen LogP contribution is -2.42. The number of halogens is 3. The molecule has 3 rings (SSSR count). The molecule has 2 aliphatic rings. The Morgan fingerprint density at radius 2 is 1.58 bits per heavy atom. The van der Waals surface area contributed by atoms with Crippen molar-refractivity contribution in [3.8, 4) is 0 Å². The fraction of sp³-hybridized carbons (Fsp3) is 0.667. The summed E-state index contributed by atoms with van der Waals surface area (Å²) in [4.78, 5) is 2.04. The molecule has 0 bridgehead atoms. The standard InChI is InChI=1S/C18H26F3N3/c19-18(20,21)13-9-11-24(12-10-13)15-7-5-14(6-8-15)23-17-4-2-1-3-16(17)22/h5-8,13,16-17,23H,1-4,9-12,22H2. The molecule has 1 saturated heterocycles. The summed E-state index contributed by atoms with van der Waals surface area (Å²) < 4.78 is 38.2. The summed E-state index contributed by atoms with van der Waals surface area (Å²) >= 11 is 0. The molecule has 6 heteroatoms. The highest BCUT2D eigenvalue weighted by Crippen LogP contribution is 2.35. The minimum atomic E-state index is -4.06. The minimum Gasteiger partial charge on any atom is -0.381 e. The molecule has 1 saturated carbocycles. The zero-order chi connectivity index (χ0) is 17.2. The predicted molar refractivity (Wildman–Crippen MR) is 91.3 cm³/mol. The number of benzene rings is 1. The second-order valence-electron chi connectivity index (χ2n) is 7.05. The number of anilines is 2. The van der Waals surface area contributed by atoms with Crippen molar-refractivity contribution in [1.82, 2.24) is 0 Å². The first kappa shape index (κ1) is 17.4. The van der Waals surface area contributed by atoms with E-state index >= 15 is 0 Å². The van der Waals surface area contributed by atoms with Crippen LogP contribution in [0.2, 0.25) is 0 Å². The Kier molecular flexibility index (Phi) is 5.23. The summed E-state index contributed by atoms with van der Waals surface area (Å²) in [6.45, 7) is 0.925. The summed E-state index contributed by atoms with van der Waals surface area (Å²) in [5.74, 6) is -1.15. The van der Waals surface area contributed by atoms with E-state index in [9.17, 15) is 13.2 Å². The Morgan fingerprint density at radius 1 is 0.958 bits per heavy atom. The fourth-order valence-corrected chi connectivity index (χ4v) is 3.79. The summed E-state index contributed by atoms with van der Waals surface area (Å²) in [6, 6.07) is 8.50. The van der Waals surface area contributed by atoms with Crippen LogP contribution >= 0.6 is 0 Å². The normalized spacial score (nSPS) is 26.4. The van der Waals surface area contributed by atoms with Crippen molar-refractivity contribution in [3.63, 3.8) is 0 Å². The van der Waals surface area contributed by atoms with Gasteiger partial charge in [0.25, 0.3) is 0 Å². The van der Waals surface area contributed by atoms with Gasteiger partial charge in [-0.3, -0.25) is 0 Å². The highest BCUT2D eigenvalue weighted by atomic mass is 19.4. The van der Waals surface area contributed by atoms with E-state index in [4.69, 9.17) is 5.73 Å². The van der Waals surface area contributed by atoms with Gasteiger partial charge in [-0.15, -0.1) is 0 Å². The van der Waals surface area contributed by atoms with Crippen LogP contribution in [-0.2, 0) is 0 Å². The second-order valence-corrected chi connectivity index (χ2v) is 7.05. The topological polar surface area (TPSA) is 41.3 Å². The van der Waals surface area contributed by atoms with E-state index in [2.05, 4.69) is 5.32 Å². The number of piperidine rings is 1. The van der Waals surface area contributed by atoms with Gasteiger partial charge in [0.05, 0.1) is 5.92 Å². The number of rotatable bonds is 3. The number of alkyl halides is 3. The number of nitrogens with two attached hydrogens (primary N) is 1. The zero-order valence-corrected chi connectivity index (χ0v) is 13.9. The third-order valence-electron chi connectivity index (χ3n) is 5.36. The largest absolute Gasteiger partial charge is 0.391 e. The fourth-order valence-electron chi connectivity index (χ4n) is 3.79. The molecule has 1 heterocycles. The van der Waals surface area contributed by atoms with Crippen molar-refractivity contribution in [1.29, 1.82) is 0 Å². The smallest absolute Gasteiger partial charge is 0.381 e. The molecule has 24 heavy (non-hydrogen) atoms. The summed E-state index contributed by atoms with van der Waals surface area (Å²) in [7, 11) is 0. The van der Waals surface area contributed by atoms with Gasteiger partial charge in [-0.2, -0.15) is 13.2 Å².